The lowest BCUT2D eigenvalue weighted by molar-refractivity contribution is 0.0697. The molecular weight excluding hydrogens is 280 g/mol. The van der Waals surface area contributed by atoms with Crippen LogP contribution in [-0.2, 0) is 0 Å². The second kappa shape index (κ2) is 4.54. The molecule has 3 N–H and O–H groups in total. The highest BCUT2D eigenvalue weighted by molar-refractivity contribution is 6.32. The molecule has 2 aromatic carbocycles. The van der Waals surface area contributed by atoms with Gasteiger partial charge in [-0.25, -0.2) is 4.79 Å². The Hall–Kier alpha value is -2.53. The minimum Gasteiger partial charge on any atom is -0.506 e. The number of nitrogens with zero attached hydrogens (tertiary/aromatic N) is 1. The van der Waals surface area contributed by atoms with Crippen LogP contribution in [0.15, 0.2) is 36.4 Å². The fourth-order valence-electron chi connectivity index (χ4n) is 2.03. The van der Waals surface area contributed by atoms with Crippen molar-refractivity contribution in [1.29, 1.82) is 0 Å². The number of carboxylic acids is 1. The number of hydrogen-bond acceptors (Lipinski definition) is 3. The van der Waals surface area contributed by atoms with Crippen molar-refractivity contribution < 1.29 is 15.0 Å². The van der Waals surface area contributed by atoms with Crippen molar-refractivity contribution in [2.75, 3.05) is 0 Å². The summed E-state index contributed by atoms with van der Waals surface area (Å²) < 4.78 is 0. The Kier molecular flexibility index (Phi) is 2.84. The van der Waals surface area contributed by atoms with E-state index in [9.17, 15) is 9.90 Å². The van der Waals surface area contributed by atoms with Crippen molar-refractivity contribution in [3.8, 4) is 17.0 Å². The highest BCUT2D eigenvalue weighted by Crippen LogP contribution is 2.32. The number of H-pyrrole nitrogens is 1. The molecule has 0 saturated carbocycles. The maximum absolute atomic E-state index is 10.9. The average molecular weight is 289 g/mol. The van der Waals surface area contributed by atoms with Gasteiger partial charge in [0.15, 0.2) is 0 Å². The highest BCUT2D eigenvalue weighted by atomic mass is 35.5. The van der Waals surface area contributed by atoms with Crippen LogP contribution >= 0.6 is 11.6 Å². The summed E-state index contributed by atoms with van der Waals surface area (Å²) in [7, 11) is 0. The second-order valence-corrected chi connectivity index (χ2v) is 4.71. The Bertz CT molecular complexity index is 826. The van der Waals surface area contributed by atoms with E-state index in [4.69, 9.17) is 16.7 Å². The van der Waals surface area contributed by atoms with Gasteiger partial charge in [0.1, 0.15) is 5.75 Å². The van der Waals surface area contributed by atoms with Gasteiger partial charge in [0, 0.05) is 10.9 Å². The monoisotopic (exact) mass is 288 g/mol. The number of phenolic OH excluding ortho intramolecular Hbond substituents is 1. The van der Waals surface area contributed by atoms with E-state index in [1.807, 2.05) is 0 Å². The van der Waals surface area contributed by atoms with Crippen LogP contribution in [-0.4, -0.2) is 26.4 Å². The van der Waals surface area contributed by atoms with E-state index in [-0.39, 0.29) is 16.3 Å². The molecule has 100 valence electrons. The zero-order valence-electron chi connectivity index (χ0n) is 10.1. The van der Waals surface area contributed by atoms with Gasteiger partial charge in [-0.05, 0) is 36.4 Å². The van der Waals surface area contributed by atoms with E-state index >= 15 is 0 Å². The van der Waals surface area contributed by atoms with Crippen molar-refractivity contribution in [1.82, 2.24) is 10.2 Å². The third kappa shape index (κ3) is 1.98. The zero-order valence-corrected chi connectivity index (χ0v) is 10.8. The molecule has 0 fully saturated rings. The number of rotatable bonds is 2. The molecule has 0 aliphatic heterocycles. The van der Waals surface area contributed by atoms with Crippen molar-refractivity contribution in [3.63, 3.8) is 0 Å². The summed E-state index contributed by atoms with van der Waals surface area (Å²) in [6.07, 6.45) is 0. The summed E-state index contributed by atoms with van der Waals surface area (Å²) in [4.78, 5) is 10.9. The topological polar surface area (TPSA) is 86.2 Å². The number of carbonyl (C=O) groups is 1. The molecule has 0 amide bonds. The van der Waals surface area contributed by atoms with Gasteiger partial charge in [-0.15, -0.1) is 0 Å². The Balaban J connectivity index is 2.17. The van der Waals surface area contributed by atoms with Crippen LogP contribution in [0, 0.1) is 0 Å². The fourth-order valence-corrected chi connectivity index (χ4v) is 2.21. The predicted octanol–water partition coefficient (Wildman–Crippen LogP) is 3.29. The molecule has 1 aromatic heterocycles. The molecule has 0 aliphatic rings. The van der Waals surface area contributed by atoms with Gasteiger partial charge >= 0.3 is 5.97 Å². The Morgan fingerprint density at radius 1 is 1.20 bits per heavy atom. The van der Waals surface area contributed by atoms with Crippen LogP contribution in [0.2, 0.25) is 5.02 Å². The third-order valence-electron chi connectivity index (χ3n) is 3.03. The summed E-state index contributed by atoms with van der Waals surface area (Å²) >= 11 is 5.88. The molecule has 3 aromatic rings. The van der Waals surface area contributed by atoms with Crippen molar-refractivity contribution in [3.05, 3.63) is 47.0 Å². The Labute approximate surface area is 118 Å². The smallest absolute Gasteiger partial charge is 0.335 e. The van der Waals surface area contributed by atoms with E-state index in [2.05, 4.69) is 10.2 Å². The number of halogens is 1. The van der Waals surface area contributed by atoms with Gasteiger partial charge in [0.05, 0.1) is 21.8 Å². The lowest BCUT2D eigenvalue weighted by Crippen LogP contribution is -1.94. The first-order chi connectivity index (χ1) is 9.56. The molecule has 3 rings (SSSR count). The van der Waals surface area contributed by atoms with Crippen molar-refractivity contribution in [2.24, 2.45) is 0 Å². The first-order valence-corrected chi connectivity index (χ1v) is 6.14. The minimum absolute atomic E-state index is 0.00317. The molecule has 6 heteroatoms. The van der Waals surface area contributed by atoms with Crippen LogP contribution in [0.25, 0.3) is 22.2 Å². The number of aromatic amines is 1. The zero-order chi connectivity index (χ0) is 14.3. The summed E-state index contributed by atoms with van der Waals surface area (Å²) in [5, 5.41) is 26.4. The van der Waals surface area contributed by atoms with Gasteiger partial charge in [-0.3, -0.25) is 5.10 Å². The first kappa shape index (κ1) is 12.5. The quantitative estimate of drug-likeness (QED) is 0.675. The SMILES string of the molecule is O=C(O)c1ccc2c(-c3ccc(O)c(Cl)c3)n[nH]c2c1. The molecule has 0 aliphatic carbocycles. The molecule has 5 nitrogen and oxygen atoms in total. The van der Waals surface area contributed by atoms with Crippen LogP contribution in [0.5, 0.6) is 5.75 Å². The standard InChI is InChI=1S/C14H9ClN2O3/c15-10-5-7(2-4-12(10)18)13-9-3-1-8(14(19)20)6-11(9)16-17-13/h1-6,18H,(H,16,17)(H,19,20). The van der Waals surface area contributed by atoms with Crippen LogP contribution in [0.3, 0.4) is 0 Å². The minimum atomic E-state index is -0.990. The number of aromatic hydroxyl groups is 1. The Morgan fingerprint density at radius 2 is 2.00 bits per heavy atom. The number of carboxylic acid groups (broad SMARTS) is 1. The first-order valence-electron chi connectivity index (χ1n) is 5.76. The van der Waals surface area contributed by atoms with Gasteiger partial charge in [0.25, 0.3) is 0 Å². The molecular formula is C14H9ClN2O3. The van der Waals surface area contributed by atoms with Crippen LogP contribution < -0.4 is 0 Å². The molecule has 0 atom stereocenters. The molecule has 0 radical (unpaired) electrons. The fraction of sp³-hybridized carbons (Fsp3) is 0. The molecule has 0 spiro atoms. The number of phenols is 1. The normalized spacial score (nSPS) is 10.8. The number of fused-ring (bicyclic) bond motifs is 1. The highest BCUT2D eigenvalue weighted by Gasteiger charge is 2.12. The van der Waals surface area contributed by atoms with Gasteiger partial charge < -0.3 is 10.2 Å². The van der Waals surface area contributed by atoms with E-state index in [0.29, 0.717) is 11.2 Å². The number of hydrogen-bond donors (Lipinski definition) is 3. The van der Waals surface area contributed by atoms with Gasteiger partial charge in [-0.2, -0.15) is 5.10 Å². The average Bonchev–Trinajstić information content (AvgIpc) is 2.84. The molecule has 0 unspecified atom stereocenters. The maximum atomic E-state index is 10.9. The number of benzene rings is 2. The van der Waals surface area contributed by atoms with E-state index in [0.717, 1.165) is 10.9 Å². The number of aromatic nitrogens is 2. The van der Waals surface area contributed by atoms with Crippen LogP contribution in [0.4, 0.5) is 0 Å². The summed E-state index contributed by atoms with van der Waals surface area (Å²) in [5.41, 5.74) is 2.21. The van der Waals surface area contributed by atoms with Crippen molar-refractivity contribution in [2.45, 2.75) is 0 Å². The third-order valence-corrected chi connectivity index (χ3v) is 3.33. The molecule has 0 bridgehead atoms. The summed E-state index contributed by atoms with van der Waals surface area (Å²) in [5.74, 6) is -0.987. The van der Waals surface area contributed by atoms with Crippen LogP contribution in [0.1, 0.15) is 10.4 Å². The van der Waals surface area contributed by atoms with E-state index in [1.54, 1.807) is 18.2 Å². The van der Waals surface area contributed by atoms with Gasteiger partial charge in [-0.1, -0.05) is 11.6 Å². The largest absolute Gasteiger partial charge is 0.506 e. The maximum Gasteiger partial charge on any atom is 0.335 e. The molecule has 20 heavy (non-hydrogen) atoms. The number of nitrogens with one attached hydrogen (secondary N) is 1. The van der Waals surface area contributed by atoms with Gasteiger partial charge in [0.2, 0.25) is 0 Å². The summed E-state index contributed by atoms with van der Waals surface area (Å²) in [6.45, 7) is 0. The lowest BCUT2D eigenvalue weighted by atomic mass is 10.1. The van der Waals surface area contributed by atoms with Crippen molar-refractivity contribution >= 4 is 28.5 Å². The Morgan fingerprint density at radius 3 is 2.70 bits per heavy atom. The number of aromatic carboxylic acids is 1. The van der Waals surface area contributed by atoms with E-state index in [1.165, 1.54) is 18.2 Å². The van der Waals surface area contributed by atoms with E-state index < -0.39 is 5.97 Å². The lowest BCUT2D eigenvalue weighted by Gasteiger charge is -2.01. The summed E-state index contributed by atoms with van der Waals surface area (Å²) in [6, 6.07) is 9.53. The second-order valence-electron chi connectivity index (χ2n) is 4.30. The predicted molar refractivity (Wildman–Crippen MR) is 75.2 cm³/mol. The molecule has 0 saturated heterocycles. The molecule has 1 heterocycles.